The van der Waals surface area contributed by atoms with Crippen LogP contribution in [0.3, 0.4) is 0 Å². The molecular weight excluding hydrogens is 590 g/mol. The molecule has 3 heterocycles. The SMILES string of the molecule is O=C(O)C(F)(F)F.O=C(O)C(F)(F)F.O=C1CN(Cc2cn(C3CCN(Cc4ccccc4Cl)CC3)nn2)CCN1. The summed E-state index contributed by atoms with van der Waals surface area (Å²) in [5, 5.41) is 26.6. The van der Waals surface area contributed by atoms with E-state index >= 15 is 0 Å². The smallest absolute Gasteiger partial charge is 0.475 e. The number of rotatable bonds is 5. The lowest BCUT2D eigenvalue weighted by Gasteiger charge is -2.32. The van der Waals surface area contributed by atoms with Gasteiger partial charge in [-0.15, -0.1) is 5.10 Å². The molecule has 0 atom stereocenters. The van der Waals surface area contributed by atoms with Gasteiger partial charge in [-0.25, -0.2) is 14.3 Å². The first kappa shape index (κ1) is 33.8. The predicted molar refractivity (Wildman–Crippen MR) is 131 cm³/mol. The molecule has 3 N–H and O–H groups in total. The number of hydrogen-bond acceptors (Lipinski definition) is 7. The number of carboxylic acid groups (broad SMARTS) is 2. The maximum absolute atomic E-state index is 11.5. The highest BCUT2D eigenvalue weighted by Crippen LogP contribution is 2.25. The molecule has 11 nitrogen and oxygen atoms in total. The third-order valence-corrected chi connectivity index (χ3v) is 6.20. The number of carbonyl (C=O) groups is 3. The van der Waals surface area contributed by atoms with E-state index in [0.29, 0.717) is 25.7 Å². The fraction of sp³-hybridized carbons (Fsp3) is 0.522. The summed E-state index contributed by atoms with van der Waals surface area (Å²) in [6.45, 7) is 5.63. The number of benzene rings is 1. The van der Waals surface area contributed by atoms with Crippen molar-refractivity contribution in [2.24, 2.45) is 0 Å². The molecule has 0 radical (unpaired) electrons. The van der Waals surface area contributed by atoms with Crippen molar-refractivity contribution in [3.05, 3.63) is 46.7 Å². The largest absolute Gasteiger partial charge is 0.490 e. The van der Waals surface area contributed by atoms with Crippen LogP contribution in [0.25, 0.3) is 0 Å². The van der Waals surface area contributed by atoms with Gasteiger partial charge in [0.05, 0.1) is 24.5 Å². The number of carboxylic acids is 2. The standard InChI is InChI=1S/C19H25ClN6O.2C2HF3O2/c20-18-4-2-1-3-15(18)11-24-8-5-17(6-9-24)26-13-16(22-23-26)12-25-10-7-21-19(27)14-25;2*3-2(4,5)1(6)7/h1-4,13,17H,5-12,14H2,(H,21,27);2*(H,6,7). The van der Waals surface area contributed by atoms with Gasteiger partial charge in [0, 0.05) is 44.3 Å². The molecule has 2 aliphatic rings. The highest BCUT2D eigenvalue weighted by atomic mass is 35.5. The summed E-state index contributed by atoms with van der Waals surface area (Å²) in [6.07, 6.45) is -6.01. The quantitative estimate of drug-likeness (QED) is 0.433. The molecule has 0 unspecified atom stereocenters. The molecule has 0 bridgehead atoms. The van der Waals surface area contributed by atoms with Crippen LogP contribution in [0.1, 0.15) is 30.1 Å². The first-order valence-electron chi connectivity index (χ1n) is 12.0. The van der Waals surface area contributed by atoms with E-state index in [1.165, 1.54) is 5.56 Å². The second kappa shape index (κ2) is 15.0. The molecule has 0 saturated carbocycles. The Labute approximate surface area is 234 Å². The van der Waals surface area contributed by atoms with Gasteiger partial charge in [-0.3, -0.25) is 14.6 Å². The van der Waals surface area contributed by atoms with Gasteiger partial charge >= 0.3 is 24.3 Å². The van der Waals surface area contributed by atoms with Crippen LogP contribution in [0.5, 0.6) is 0 Å². The molecule has 228 valence electrons. The van der Waals surface area contributed by atoms with Crippen LogP contribution in [0.15, 0.2) is 30.5 Å². The summed E-state index contributed by atoms with van der Waals surface area (Å²) in [5.41, 5.74) is 2.12. The van der Waals surface area contributed by atoms with Gasteiger partial charge < -0.3 is 15.5 Å². The van der Waals surface area contributed by atoms with Crippen LogP contribution in [-0.4, -0.2) is 97.9 Å². The minimum absolute atomic E-state index is 0.0829. The number of halogens is 7. The number of amides is 1. The van der Waals surface area contributed by atoms with E-state index in [9.17, 15) is 31.1 Å². The number of piperidine rings is 1. The number of carbonyl (C=O) groups excluding carboxylic acids is 1. The van der Waals surface area contributed by atoms with Crippen molar-refractivity contribution < 1.29 is 50.9 Å². The molecule has 2 aliphatic heterocycles. The third-order valence-electron chi connectivity index (χ3n) is 5.83. The lowest BCUT2D eigenvalue weighted by atomic mass is 10.0. The van der Waals surface area contributed by atoms with Gasteiger partial charge in [0.1, 0.15) is 0 Å². The Morgan fingerprint density at radius 3 is 2.02 bits per heavy atom. The summed E-state index contributed by atoms with van der Waals surface area (Å²) in [6, 6.07) is 8.44. The average Bonchev–Trinajstić information content (AvgIpc) is 3.34. The summed E-state index contributed by atoms with van der Waals surface area (Å²) >= 11 is 6.28. The maximum atomic E-state index is 11.5. The Bertz CT molecular complexity index is 1150. The normalized spacial score (nSPS) is 17.0. The fourth-order valence-corrected chi connectivity index (χ4v) is 4.02. The van der Waals surface area contributed by atoms with E-state index in [4.69, 9.17) is 31.4 Å². The van der Waals surface area contributed by atoms with Crippen molar-refractivity contribution in [1.29, 1.82) is 0 Å². The molecule has 0 spiro atoms. The van der Waals surface area contributed by atoms with Gasteiger partial charge in [-0.05, 0) is 24.5 Å². The third kappa shape index (κ3) is 11.9. The number of piperazine rings is 1. The predicted octanol–water partition coefficient (Wildman–Crippen LogP) is 2.97. The molecule has 0 aliphatic carbocycles. The first-order valence-corrected chi connectivity index (χ1v) is 12.4. The van der Waals surface area contributed by atoms with Crippen molar-refractivity contribution in [2.45, 2.75) is 44.3 Å². The summed E-state index contributed by atoms with van der Waals surface area (Å²) in [5.74, 6) is -5.43. The fourth-order valence-electron chi connectivity index (χ4n) is 3.83. The van der Waals surface area contributed by atoms with Crippen LogP contribution in [-0.2, 0) is 27.5 Å². The van der Waals surface area contributed by atoms with E-state index in [2.05, 4.69) is 31.5 Å². The molecule has 2 fully saturated rings. The van der Waals surface area contributed by atoms with Crippen molar-refractivity contribution in [1.82, 2.24) is 30.1 Å². The number of likely N-dealkylation sites (tertiary alicyclic amines) is 1. The number of nitrogens with zero attached hydrogens (tertiary/aromatic N) is 5. The van der Waals surface area contributed by atoms with Crippen molar-refractivity contribution >= 4 is 29.4 Å². The molecule has 1 amide bonds. The van der Waals surface area contributed by atoms with E-state index < -0.39 is 24.3 Å². The summed E-state index contributed by atoms with van der Waals surface area (Å²) in [7, 11) is 0. The Morgan fingerprint density at radius 1 is 0.951 bits per heavy atom. The minimum atomic E-state index is -5.08. The Balaban J connectivity index is 0.000000349. The number of hydrogen-bond donors (Lipinski definition) is 3. The van der Waals surface area contributed by atoms with Crippen LogP contribution >= 0.6 is 11.6 Å². The van der Waals surface area contributed by atoms with Crippen molar-refractivity contribution in [3.8, 4) is 0 Å². The van der Waals surface area contributed by atoms with E-state index in [-0.39, 0.29) is 5.91 Å². The average molecular weight is 617 g/mol. The Kier molecular flexibility index (Phi) is 12.3. The Morgan fingerprint density at radius 2 is 1.51 bits per heavy atom. The van der Waals surface area contributed by atoms with Gasteiger partial charge in [-0.1, -0.05) is 35.0 Å². The second-order valence-electron chi connectivity index (χ2n) is 8.96. The zero-order valence-electron chi connectivity index (χ0n) is 21.3. The van der Waals surface area contributed by atoms with Crippen LogP contribution in [0.4, 0.5) is 26.3 Å². The van der Waals surface area contributed by atoms with Gasteiger partial charge in [-0.2, -0.15) is 26.3 Å². The van der Waals surface area contributed by atoms with Crippen molar-refractivity contribution in [3.63, 3.8) is 0 Å². The molecule has 2 aromatic rings. The maximum Gasteiger partial charge on any atom is 0.490 e. The molecule has 1 aromatic heterocycles. The van der Waals surface area contributed by atoms with Gasteiger partial charge in [0.25, 0.3) is 0 Å². The molecular formula is C23H27ClF6N6O5. The summed E-state index contributed by atoms with van der Waals surface area (Å²) in [4.78, 5) is 33.8. The molecule has 4 rings (SSSR count). The monoisotopic (exact) mass is 616 g/mol. The molecule has 1 aromatic carbocycles. The van der Waals surface area contributed by atoms with Crippen LogP contribution in [0, 0.1) is 0 Å². The van der Waals surface area contributed by atoms with Crippen molar-refractivity contribution in [2.75, 3.05) is 32.7 Å². The van der Waals surface area contributed by atoms with E-state index in [1.54, 1.807) is 0 Å². The number of aromatic nitrogens is 3. The number of nitrogens with one attached hydrogen (secondary N) is 1. The molecule has 41 heavy (non-hydrogen) atoms. The highest BCUT2D eigenvalue weighted by molar-refractivity contribution is 6.31. The van der Waals surface area contributed by atoms with Crippen LogP contribution in [0.2, 0.25) is 5.02 Å². The summed E-state index contributed by atoms with van der Waals surface area (Å²) < 4.78 is 65.5. The topological polar surface area (TPSA) is 141 Å². The zero-order valence-corrected chi connectivity index (χ0v) is 22.1. The lowest BCUT2D eigenvalue weighted by Crippen LogP contribution is -2.47. The Hall–Kier alpha value is -3.44. The lowest BCUT2D eigenvalue weighted by molar-refractivity contribution is -0.193. The highest BCUT2D eigenvalue weighted by Gasteiger charge is 2.38. The zero-order chi connectivity index (χ0) is 30.8. The number of alkyl halides is 6. The van der Waals surface area contributed by atoms with Crippen LogP contribution < -0.4 is 5.32 Å². The van der Waals surface area contributed by atoms with E-state index in [1.807, 2.05) is 29.1 Å². The molecule has 18 heteroatoms. The van der Waals surface area contributed by atoms with Gasteiger partial charge in [0.2, 0.25) is 5.91 Å². The minimum Gasteiger partial charge on any atom is -0.475 e. The second-order valence-corrected chi connectivity index (χ2v) is 9.36. The molecule has 2 saturated heterocycles. The first-order chi connectivity index (χ1) is 19.1. The van der Waals surface area contributed by atoms with Gasteiger partial charge in [0.15, 0.2) is 0 Å². The van der Waals surface area contributed by atoms with E-state index in [0.717, 1.165) is 49.7 Å². The number of aliphatic carboxylic acids is 2.